The second-order valence-corrected chi connectivity index (χ2v) is 6.98. The lowest BCUT2D eigenvalue weighted by molar-refractivity contribution is -0.136. The molecule has 0 radical (unpaired) electrons. The third-order valence-electron chi connectivity index (χ3n) is 4.07. The molecule has 0 saturated heterocycles. The maximum atomic E-state index is 10.7. The van der Waals surface area contributed by atoms with Gasteiger partial charge in [0.1, 0.15) is 0 Å². The standard InChI is InChI=1S/C19H17NO4S/c21-18(22)8-7-17-20-14-11-12(5-6-16(14)25-17)13-3-1-4-15-19(13)24-10-2-9-23-15/h1,3-6,11H,2,7-10H2,(H,21,22). The first kappa shape index (κ1) is 15.9. The smallest absolute Gasteiger partial charge is 0.303 e. The van der Waals surface area contributed by atoms with Crippen molar-refractivity contribution >= 4 is 27.5 Å². The lowest BCUT2D eigenvalue weighted by Gasteiger charge is -2.12. The summed E-state index contributed by atoms with van der Waals surface area (Å²) < 4.78 is 12.7. The van der Waals surface area contributed by atoms with Crippen LogP contribution < -0.4 is 9.47 Å². The second-order valence-electron chi connectivity index (χ2n) is 5.87. The van der Waals surface area contributed by atoms with Crippen LogP contribution >= 0.6 is 11.3 Å². The maximum Gasteiger partial charge on any atom is 0.303 e. The van der Waals surface area contributed by atoms with Crippen molar-refractivity contribution in [1.29, 1.82) is 0 Å². The Bertz CT molecular complexity index is 934. The number of aryl methyl sites for hydroxylation is 1. The van der Waals surface area contributed by atoms with Crippen LogP contribution in [0, 0.1) is 0 Å². The quantitative estimate of drug-likeness (QED) is 0.762. The van der Waals surface area contributed by atoms with E-state index in [1.165, 1.54) is 0 Å². The lowest BCUT2D eigenvalue weighted by atomic mass is 10.0. The van der Waals surface area contributed by atoms with E-state index in [0.717, 1.165) is 44.3 Å². The fraction of sp³-hybridized carbons (Fsp3) is 0.263. The third kappa shape index (κ3) is 3.30. The summed E-state index contributed by atoms with van der Waals surface area (Å²) in [5.41, 5.74) is 2.89. The van der Waals surface area contributed by atoms with Gasteiger partial charge in [-0.25, -0.2) is 4.98 Å². The highest BCUT2D eigenvalue weighted by molar-refractivity contribution is 7.18. The molecule has 0 fully saturated rings. The van der Waals surface area contributed by atoms with Crippen molar-refractivity contribution in [3.63, 3.8) is 0 Å². The van der Waals surface area contributed by atoms with Gasteiger partial charge in [-0.3, -0.25) is 4.79 Å². The number of thiazole rings is 1. The molecule has 0 bridgehead atoms. The SMILES string of the molecule is O=C(O)CCc1nc2cc(-c3cccc4c3OCCCO4)ccc2s1. The first-order chi connectivity index (χ1) is 12.2. The number of aromatic nitrogens is 1. The van der Waals surface area contributed by atoms with Gasteiger partial charge >= 0.3 is 5.97 Å². The van der Waals surface area contributed by atoms with Crippen LogP contribution in [-0.2, 0) is 11.2 Å². The number of benzene rings is 2. The first-order valence-corrected chi connectivity index (χ1v) is 9.02. The lowest BCUT2D eigenvalue weighted by Crippen LogP contribution is -1.98. The molecule has 2 heterocycles. The predicted molar refractivity (Wildman–Crippen MR) is 96.6 cm³/mol. The van der Waals surface area contributed by atoms with E-state index < -0.39 is 5.97 Å². The highest BCUT2D eigenvalue weighted by atomic mass is 32.1. The monoisotopic (exact) mass is 355 g/mol. The number of carboxylic acids is 1. The Morgan fingerprint density at radius 3 is 2.96 bits per heavy atom. The van der Waals surface area contributed by atoms with Gasteiger partial charge in [-0.05, 0) is 23.8 Å². The van der Waals surface area contributed by atoms with Crippen LogP contribution in [0.5, 0.6) is 11.5 Å². The summed E-state index contributed by atoms with van der Waals surface area (Å²) in [6.45, 7) is 1.30. The number of hydrogen-bond acceptors (Lipinski definition) is 5. The molecule has 4 rings (SSSR count). The van der Waals surface area contributed by atoms with Crippen molar-refractivity contribution in [3.05, 3.63) is 41.4 Å². The maximum absolute atomic E-state index is 10.7. The van der Waals surface area contributed by atoms with Gasteiger partial charge in [0, 0.05) is 18.4 Å². The molecular weight excluding hydrogens is 338 g/mol. The Labute approximate surface area is 148 Å². The molecule has 1 aromatic heterocycles. The minimum atomic E-state index is -0.802. The van der Waals surface area contributed by atoms with Crippen molar-refractivity contribution in [1.82, 2.24) is 4.98 Å². The topological polar surface area (TPSA) is 68.7 Å². The highest BCUT2D eigenvalue weighted by Gasteiger charge is 2.16. The number of para-hydroxylation sites is 1. The van der Waals surface area contributed by atoms with E-state index in [2.05, 4.69) is 4.98 Å². The average Bonchev–Trinajstić information content (AvgIpc) is 2.86. The summed E-state index contributed by atoms with van der Waals surface area (Å²) in [7, 11) is 0. The first-order valence-electron chi connectivity index (χ1n) is 8.21. The zero-order chi connectivity index (χ0) is 17.2. The predicted octanol–water partition coefficient (Wildman–Crippen LogP) is 4.14. The molecule has 3 aromatic rings. The minimum absolute atomic E-state index is 0.101. The Balaban J connectivity index is 1.71. The van der Waals surface area contributed by atoms with E-state index in [1.54, 1.807) is 11.3 Å². The number of carbonyl (C=O) groups is 1. The third-order valence-corrected chi connectivity index (χ3v) is 5.16. The number of hydrogen-bond donors (Lipinski definition) is 1. The molecule has 1 N–H and O–H groups in total. The van der Waals surface area contributed by atoms with Crippen molar-refractivity contribution in [2.75, 3.05) is 13.2 Å². The molecule has 25 heavy (non-hydrogen) atoms. The molecular formula is C19H17NO4S. The van der Waals surface area contributed by atoms with Crippen LogP contribution in [0.4, 0.5) is 0 Å². The molecule has 0 unspecified atom stereocenters. The fourth-order valence-electron chi connectivity index (χ4n) is 2.88. The van der Waals surface area contributed by atoms with Crippen molar-refractivity contribution < 1.29 is 19.4 Å². The molecule has 0 atom stereocenters. The normalized spacial score (nSPS) is 13.6. The summed E-state index contributed by atoms with van der Waals surface area (Å²) >= 11 is 1.54. The van der Waals surface area contributed by atoms with Gasteiger partial charge in [-0.15, -0.1) is 11.3 Å². The van der Waals surface area contributed by atoms with Crippen molar-refractivity contribution in [2.45, 2.75) is 19.3 Å². The molecule has 1 aliphatic heterocycles. The van der Waals surface area contributed by atoms with Gasteiger partial charge in [0.25, 0.3) is 0 Å². The molecule has 0 spiro atoms. The number of nitrogens with zero attached hydrogens (tertiary/aromatic N) is 1. The largest absolute Gasteiger partial charge is 0.490 e. The Morgan fingerprint density at radius 2 is 2.08 bits per heavy atom. The van der Waals surface area contributed by atoms with E-state index in [-0.39, 0.29) is 6.42 Å². The summed E-state index contributed by atoms with van der Waals surface area (Å²) in [4.78, 5) is 15.3. The summed E-state index contributed by atoms with van der Waals surface area (Å²) in [6, 6.07) is 12.0. The zero-order valence-electron chi connectivity index (χ0n) is 13.5. The van der Waals surface area contributed by atoms with Crippen molar-refractivity contribution in [3.8, 4) is 22.6 Å². The van der Waals surface area contributed by atoms with Crippen LogP contribution in [0.2, 0.25) is 0 Å². The molecule has 0 aliphatic carbocycles. The molecule has 0 saturated carbocycles. The number of fused-ring (bicyclic) bond motifs is 2. The van der Waals surface area contributed by atoms with Gasteiger partial charge in [0.2, 0.25) is 0 Å². The van der Waals surface area contributed by atoms with E-state index in [9.17, 15) is 4.79 Å². The van der Waals surface area contributed by atoms with Crippen LogP contribution in [0.25, 0.3) is 21.3 Å². The molecule has 6 heteroatoms. The van der Waals surface area contributed by atoms with Crippen LogP contribution in [0.3, 0.4) is 0 Å². The number of aliphatic carboxylic acids is 1. The molecule has 5 nitrogen and oxygen atoms in total. The molecule has 128 valence electrons. The summed E-state index contributed by atoms with van der Waals surface area (Å²) in [5, 5.41) is 9.68. The van der Waals surface area contributed by atoms with Gasteiger partial charge in [0.15, 0.2) is 11.5 Å². The Kier molecular flexibility index (Phi) is 4.28. The number of carboxylic acid groups (broad SMARTS) is 1. The van der Waals surface area contributed by atoms with Crippen molar-refractivity contribution in [2.24, 2.45) is 0 Å². The van der Waals surface area contributed by atoms with Gasteiger partial charge < -0.3 is 14.6 Å². The van der Waals surface area contributed by atoms with Crippen LogP contribution in [0.15, 0.2) is 36.4 Å². The second kappa shape index (κ2) is 6.72. The number of ether oxygens (including phenoxy) is 2. The van der Waals surface area contributed by atoms with Crippen LogP contribution in [0.1, 0.15) is 17.8 Å². The number of rotatable bonds is 4. The Morgan fingerprint density at radius 1 is 1.20 bits per heavy atom. The van der Waals surface area contributed by atoms with Gasteiger partial charge in [0.05, 0.1) is 34.9 Å². The van der Waals surface area contributed by atoms with Gasteiger partial charge in [-0.2, -0.15) is 0 Å². The van der Waals surface area contributed by atoms with E-state index >= 15 is 0 Å². The van der Waals surface area contributed by atoms with E-state index in [1.807, 2.05) is 36.4 Å². The summed E-state index contributed by atoms with van der Waals surface area (Å²) in [5.74, 6) is 0.750. The van der Waals surface area contributed by atoms with E-state index in [0.29, 0.717) is 19.6 Å². The minimum Gasteiger partial charge on any atom is -0.490 e. The molecule has 2 aromatic carbocycles. The fourth-order valence-corrected chi connectivity index (χ4v) is 3.83. The molecule has 1 aliphatic rings. The summed E-state index contributed by atoms with van der Waals surface area (Å²) in [6.07, 6.45) is 1.43. The highest BCUT2D eigenvalue weighted by Crippen LogP contribution is 2.40. The average molecular weight is 355 g/mol. The molecule has 0 amide bonds. The Hall–Kier alpha value is -2.60. The zero-order valence-corrected chi connectivity index (χ0v) is 14.3. The van der Waals surface area contributed by atoms with Gasteiger partial charge in [-0.1, -0.05) is 18.2 Å². The van der Waals surface area contributed by atoms with E-state index in [4.69, 9.17) is 14.6 Å². The van der Waals surface area contributed by atoms with Crippen LogP contribution in [-0.4, -0.2) is 29.3 Å².